The molecular weight excluding hydrogens is 200 g/mol. The summed E-state index contributed by atoms with van der Waals surface area (Å²) in [4.78, 5) is 0. The molecule has 0 spiro atoms. The molecule has 16 heavy (non-hydrogen) atoms. The molecule has 3 unspecified atom stereocenters. The molecule has 2 heteroatoms. The molecule has 0 radical (unpaired) electrons. The normalized spacial score (nSPS) is 44.4. The Morgan fingerprint density at radius 3 is 1.88 bits per heavy atom. The molecule has 2 bridgehead atoms. The Bertz CT molecular complexity index is 228. The van der Waals surface area contributed by atoms with Crippen molar-refractivity contribution in [2.24, 2.45) is 29.1 Å². The molecule has 2 N–H and O–H groups in total. The van der Waals surface area contributed by atoms with Gasteiger partial charge in [0.05, 0.1) is 6.10 Å². The van der Waals surface area contributed by atoms with E-state index in [9.17, 15) is 10.2 Å². The molecule has 2 nitrogen and oxygen atoms in total. The number of fused-ring (bicyclic) bond motifs is 2. The highest BCUT2D eigenvalue weighted by atomic mass is 16.3. The lowest BCUT2D eigenvalue weighted by molar-refractivity contribution is -0.0771. The zero-order valence-corrected chi connectivity index (χ0v) is 10.8. The summed E-state index contributed by atoms with van der Waals surface area (Å²) in [5.41, 5.74) is 0.364. The summed E-state index contributed by atoms with van der Waals surface area (Å²) in [6, 6.07) is 0. The molecule has 2 rings (SSSR count). The maximum absolute atomic E-state index is 10.2. The van der Waals surface area contributed by atoms with Gasteiger partial charge >= 0.3 is 0 Å². The van der Waals surface area contributed by atoms with E-state index in [-0.39, 0.29) is 6.10 Å². The Kier molecular flexibility index (Phi) is 3.33. The second-order valence-corrected chi connectivity index (χ2v) is 7.07. The Morgan fingerprint density at radius 1 is 1.00 bits per heavy atom. The lowest BCUT2D eigenvalue weighted by Crippen LogP contribution is -2.46. The van der Waals surface area contributed by atoms with Crippen LogP contribution < -0.4 is 0 Å². The van der Waals surface area contributed by atoms with E-state index in [0.717, 1.165) is 31.6 Å². The summed E-state index contributed by atoms with van der Waals surface area (Å²) in [5, 5.41) is 19.5. The lowest BCUT2D eigenvalue weighted by Gasteiger charge is -2.49. The molecule has 2 aliphatic carbocycles. The number of aliphatic hydroxyl groups is 2. The Morgan fingerprint density at radius 2 is 1.50 bits per heavy atom. The maximum atomic E-state index is 10.2. The third kappa shape index (κ3) is 2.28. The van der Waals surface area contributed by atoms with Crippen LogP contribution in [0.25, 0.3) is 0 Å². The van der Waals surface area contributed by atoms with Gasteiger partial charge in [-0.2, -0.15) is 0 Å². The fourth-order valence-electron chi connectivity index (χ4n) is 3.77. The van der Waals surface area contributed by atoms with Gasteiger partial charge in [0.25, 0.3) is 0 Å². The molecule has 0 aromatic rings. The van der Waals surface area contributed by atoms with Gasteiger partial charge in [-0.1, -0.05) is 20.8 Å². The third-order valence-corrected chi connectivity index (χ3v) is 4.90. The minimum absolute atomic E-state index is 0.0959. The highest BCUT2D eigenvalue weighted by Crippen LogP contribution is 2.49. The molecular formula is C14H26O2. The smallest absolute Gasteiger partial charge is 0.0596 e. The number of rotatable bonds is 1. The standard InChI is InChI=1S/C14H26O2/c1-14(2,3)12-6-10-4-9(8-15)5-11(7-12)13(10)16/h9-13,15-16H,4-8H2,1-3H3/t9?,10-,11+,12?,13?. The second-order valence-electron chi connectivity index (χ2n) is 7.07. The van der Waals surface area contributed by atoms with E-state index in [2.05, 4.69) is 20.8 Å². The molecule has 0 aromatic carbocycles. The Hall–Kier alpha value is -0.0800. The van der Waals surface area contributed by atoms with Crippen LogP contribution in [0.5, 0.6) is 0 Å². The number of hydrogen-bond donors (Lipinski definition) is 2. The summed E-state index contributed by atoms with van der Waals surface area (Å²) in [6.45, 7) is 7.25. The molecule has 2 aliphatic rings. The Labute approximate surface area is 99.1 Å². The van der Waals surface area contributed by atoms with Crippen molar-refractivity contribution < 1.29 is 10.2 Å². The summed E-state index contributed by atoms with van der Waals surface area (Å²) in [5.74, 6) is 2.06. The van der Waals surface area contributed by atoms with Crippen molar-refractivity contribution in [1.29, 1.82) is 0 Å². The average Bonchev–Trinajstić information content (AvgIpc) is 2.15. The minimum Gasteiger partial charge on any atom is -0.396 e. The predicted molar refractivity (Wildman–Crippen MR) is 65.0 cm³/mol. The van der Waals surface area contributed by atoms with Gasteiger partial charge in [-0.05, 0) is 54.8 Å². The fourth-order valence-corrected chi connectivity index (χ4v) is 3.77. The predicted octanol–water partition coefficient (Wildman–Crippen LogP) is 2.44. The topological polar surface area (TPSA) is 40.5 Å². The summed E-state index contributed by atoms with van der Waals surface area (Å²) in [6.07, 6.45) is 4.26. The fraction of sp³-hybridized carbons (Fsp3) is 1.00. The highest BCUT2D eigenvalue weighted by molar-refractivity contribution is 4.95. The zero-order chi connectivity index (χ0) is 11.9. The van der Waals surface area contributed by atoms with Crippen molar-refractivity contribution in [3.63, 3.8) is 0 Å². The highest BCUT2D eigenvalue weighted by Gasteiger charge is 2.44. The van der Waals surface area contributed by atoms with E-state index in [4.69, 9.17) is 0 Å². The van der Waals surface area contributed by atoms with Crippen LogP contribution in [0.4, 0.5) is 0 Å². The summed E-state index contributed by atoms with van der Waals surface area (Å²) < 4.78 is 0. The van der Waals surface area contributed by atoms with Crippen molar-refractivity contribution >= 4 is 0 Å². The van der Waals surface area contributed by atoms with Crippen LogP contribution >= 0.6 is 0 Å². The van der Waals surface area contributed by atoms with E-state index in [1.165, 1.54) is 0 Å². The van der Waals surface area contributed by atoms with Crippen LogP contribution in [-0.2, 0) is 0 Å². The van der Waals surface area contributed by atoms with Crippen LogP contribution in [0.15, 0.2) is 0 Å². The van der Waals surface area contributed by atoms with Crippen molar-refractivity contribution in [2.45, 2.75) is 52.6 Å². The molecule has 94 valence electrons. The van der Waals surface area contributed by atoms with Crippen LogP contribution in [0.3, 0.4) is 0 Å². The molecule has 0 saturated heterocycles. The third-order valence-electron chi connectivity index (χ3n) is 4.90. The minimum atomic E-state index is -0.0959. The first kappa shape index (κ1) is 12.4. The average molecular weight is 226 g/mol. The first-order valence-electron chi connectivity index (χ1n) is 6.70. The van der Waals surface area contributed by atoms with E-state index in [0.29, 0.717) is 29.8 Å². The summed E-state index contributed by atoms with van der Waals surface area (Å²) >= 11 is 0. The van der Waals surface area contributed by atoms with Crippen molar-refractivity contribution in [2.75, 3.05) is 6.61 Å². The summed E-state index contributed by atoms with van der Waals surface area (Å²) in [7, 11) is 0. The Balaban J connectivity index is 2.07. The van der Waals surface area contributed by atoms with Gasteiger partial charge in [0.15, 0.2) is 0 Å². The second kappa shape index (κ2) is 4.30. The van der Waals surface area contributed by atoms with Crippen LogP contribution in [-0.4, -0.2) is 22.9 Å². The quantitative estimate of drug-likeness (QED) is 0.721. The zero-order valence-electron chi connectivity index (χ0n) is 10.8. The van der Waals surface area contributed by atoms with Gasteiger partial charge in [0.1, 0.15) is 0 Å². The molecule has 2 fully saturated rings. The van der Waals surface area contributed by atoms with E-state index < -0.39 is 0 Å². The largest absolute Gasteiger partial charge is 0.396 e. The van der Waals surface area contributed by atoms with Gasteiger partial charge in [-0.15, -0.1) is 0 Å². The first-order valence-corrected chi connectivity index (χ1v) is 6.70. The van der Waals surface area contributed by atoms with Crippen molar-refractivity contribution in [1.82, 2.24) is 0 Å². The van der Waals surface area contributed by atoms with Crippen molar-refractivity contribution in [3.05, 3.63) is 0 Å². The molecule has 0 heterocycles. The SMILES string of the molecule is CC(C)(C)C1C[C@H]2CC(CO)C[C@@H](C1)C2O. The molecule has 0 aromatic heterocycles. The van der Waals surface area contributed by atoms with Crippen LogP contribution in [0.2, 0.25) is 0 Å². The molecule has 0 aliphatic heterocycles. The van der Waals surface area contributed by atoms with E-state index in [1.54, 1.807) is 0 Å². The number of hydrogen-bond acceptors (Lipinski definition) is 2. The van der Waals surface area contributed by atoms with Crippen LogP contribution in [0, 0.1) is 29.1 Å². The van der Waals surface area contributed by atoms with Gasteiger partial charge in [0, 0.05) is 6.61 Å². The van der Waals surface area contributed by atoms with Crippen molar-refractivity contribution in [3.8, 4) is 0 Å². The molecule has 0 amide bonds. The van der Waals surface area contributed by atoms with Gasteiger partial charge in [0.2, 0.25) is 0 Å². The van der Waals surface area contributed by atoms with E-state index in [1.807, 2.05) is 0 Å². The molecule has 5 atom stereocenters. The van der Waals surface area contributed by atoms with Gasteiger partial charge < -0.3 is 10.2 Å². The van der Waals surface area contributed by atoms with Crippen LogP contribution in [0.1, 0.15) is 46.5 Å². The molecule has 2 saturated carbocycles. The lowest BCUT2D eigenvalue weighted by atomic mass is 9.58. The number of aliphatic hydroxyl groups excluding tert-OH is 2. The first-order chi connectivity index (χ1) is 7.41. The van der Waals surface area contributed by atoms with Gasteiger partial charge in [-0.3, -0.25) is 0 Å². The maximum Gasteiger partial charge on any atom is 0.0596 e. The monoisotopic (exact) mass is 226 g/mol. The van der Waals surface area contributed by atoms with Gasteiger partial charge in [-0.25, -0.2) is 0 Å². The van der Waals surface area contributed by atoms with E-state index >= 15 is 0 Å².